The van der Waals surface area contributed by atoms with Crippen molar-refractivity contribution >= 4 is 29.0 Å². The summed E-state index contributed by atoms with van der Waals surface area (Å²) in [6, 6.07) is 0. The molecule has 75 valence electrons. The van der Waals surface area contributed by atoms with Gasteiger partial charge in [0.1, 0.15) is 5.50 Å². The molecule has 13 heavy (non-hydrogen) atoms. The molecule has 0 bridgehead atoms. The first-order valence-electron chi connectivity index (χ1n) is 4.54. The minimum Gasteiger partial charge on any atom is -0.298 e. The second-order valence-electron chi connectivity index (χ2n) is 3.34. The van der Waals surface area contributed by atoms with Crippen molar-refractivity contribution in [3.8, 4) is 0 Å². The zero-order valence-electron chi connectivity index (χ0n) is 7.72. The highest BCUT2D eigenvalue weighted by molar-refractivity contribution is 6.44. The summed E-state index contributed by atoms with van der Waals surface area (Å²) in [6.07, 6.45) is 3.54. The number of carbonyl (C=O) groups is 1. The predicted octanol–water partition coefficient (Wildman–Crippen LogP) is 2.40. The summed E-state index contributed by atoms with van der Waals surface area (Å²) in [5.41, 5.74) is -0.417. The lowest BCUT2D eigenvalue weighted by molar-refractivity contribution is -0.115. The van der Waals surface area contributed by atoms with E-state index in [9.17, 15) is 4.79 Å². The van der Waals surface area contributed by atoms with Gasteiger partial charge in [0.2, 0.25) is 0 Å². The van der Waals surface area contributed by atoms with Crippen molar-refractivity contribution < 1.29 is 4.79 Å². The first kappa shape index (κ1) is 11.3. The molecule has 1 aliphatic rings. The van der Waals surface area contributed by atoms with E-state index in [1.807, 2.05) is 0 Å². The molecule has 0 N–H and O–H groups in total. The molecule has 0 aromatic carbocycles. The molecule has 1 heterocycles. The second kappa shape index (κ2) is 5.18. The Morgan fingerprint density at radius 3 is 2.31 bits per heavy atom. The topological polar surface area (TPSA) is 20.3 Å². The summed E-state index contributed by atoms with van der Waals surface area (Å²) in [4.78, 5) is 13.0. The molecular weight excluding hydrogens is 209 g/mol. The Morgan fingerprint density at radius 2 is 1.85 bits per heavy atom. The molecule has 1 rings (SSSR count). The normalized spacial score (nSPS) is 21.8. The molecule has 0 spiro atoms. The van der Waals surface area contributed by atoms with Crippen molar-refractivity contribution in [2.75, 3.05) is 13.1 Å². The molecule has 0 saturated carbocycles. The Balaban J connectivity index is 2.44. The van der Waals surface area contributed by atoms with E-state index in [2.05, 4.69) is 4.90 Å². The van der Waals surface area contributed by atoms with E-state index in [4.69, 9.17) is 23.2 Å². The van der Waals surface area contributed by atoms with Crippen LogP contribution in [-0.4, -0.2) is 29.3 Å². The van der Waals surface area contributed by atoms with Crippen LogP contribution in [0.3, 0.4) is 0 Å². The highest BCUT2D eigenvalue weighted by atomic mass is 35.5. The molecule has 1 saturated heterocycles. The van der Waals surface area contributed by atoms with Crippen molar-refractivity contribution in [3.05, 3.63) is 5.38 Å². The Bertz CT molecular complexity index is 180. The summed E-state index contributed by atoms with van der Waals surface area (Å²) < 4.78 is 0. The number of halogens is 2. The van der Waals surface area contributed by atoms with Gasteiger partial charge in [-0.3, -0.25) is 9.69 Å². The van der Waals surface area contributed by atoms with Crippen LogP contribution in [0.1, 0.15) is 26.2 Å². The molecule has 0 aliphatic carbocycles. The summed E-state index contributed by atoms with van der Waals surface area (Å²) in [6.45, 7) is 3.33. The molecule has 1 unspecified atom stereocenters. The minimum atomic E-state index is -0.417. The molecular formula is C9H14Cl2NO. The van der Waals surface area contributed by atoms with E-state index in [1.54, 1.807) is 0 Å². The van der Waals surface area contributed by atoms with Gasteiger partial charge in [-0.1, -0.05) is 6.42 Å². The number of piperidine rings is 1. The van der Waals surface area contributed by atoms with Crippen molar-refractivity contribution in [1.82, 2.24) is 4.90 Å². The number of alkyl halides is 1. The summed E-state index contributed by atoms with van der Waals surface area (Å²) >= 11 is 11.8. The van der Waals surface area contributed by atoms with Gasteiger partial charge in [0.25, 0.3) is 0 Å². The third-order valence-corrected chi connectivity index (χ3v) is 3.34. The standard InChI is InChI=1S/C9H14Cl2NO/c1-7(13)8(10)9(11)12-5-3-2-4-6-12/h9H,2-6H2,1H3. The van der Waals surface area contributed by atoms with Crippen molar-refractivity contribution in [2.45, 2.75) is 31.7 Å². The highest BCUT2D eigenvalue weighted by Gasteiger charge is 2.28. The lowest BCUT2D eigenvalue weighted by atomic mass is 10.1. The zero-order valence-corrected chi connectivity index (χ0v) is 9.24. The Morgan fingerprint density at radius 1 is 1.31 bits per heavy atom. The van der Waals surface area contributed by atoms with Gasteiger partial charge in [0.05, 0.1) is 0 Å². The molecule has 0 aromatic heterocycles. The van der Waals surface area contributed by atoms with Crippen LogP contribution in [0.4, 0.5) is 0 Å². The molecule has 1 radical (unpaired) electrons. The van der Waals surface area contributed by atoms with Gasteiger partial charge in [-0.15, -0.1) is 23.2 Å². The lowest BCUT2D eigenvalue weighted by Crippen LogP contribution is -2.39. The second-order valence-corrected chi connectivity index (χ2v) is 4.16. The largest absolute Gasteiger partial charge is 0.298 e. The number of ketones is 1. The Labute approximate surface area is 89.2 Å². The van der Waals surface area contributed by atoms with Crippen molar-refractivity contribution in [1.29, 1.82) is 0 Å². The van der Waals surface area contributed by atoms with E-state index >= 15 is 0 Å². The molecule has 1 aliphatic heterocycles. The van der Waals surface area contributed by atoms with Crippen molar-refractivity contribution in [2.24, 2.45) is 0 Å². The fourth-order valence-corrected chi connectivity index (χ4v) is 1.96. The van der Waals surface area contributed by atoms with E-state index in [0.717, 1.165) is 25.9 Å². The summed E-state index contributed by atoms with van der Waals surface area (Å²) in [5.74, 6) is -0.132. The monoisotopic (exact) mass is 222 g/mol. The number of rotatable bonds is 3. The van der Waals surface area contributed by atoms with Gasteiger partial charge in [-0.2, -0.15) is 0 Å². The quantitative estimate of drug-likeness (QED) is 0.540. The van der Waals surface area contributed by atoms with E-state index < -0.39 is 5.50 Å². The van der Waals surface area contributed by atoms with Crippen LogP contribution in [0.25, 0.3) is 0 Å². The minimum absolute atomic E-state index is 0.132. The SMILES string of the molecule is CC(=O)[C](Cl)C(Cl)N1CCCCC1. The van der Waals surface area contributed by atoms with Crippen LogP contribution < -0.4 is 0 Å². The maximum Gasteiger partial charge on any atom is 0.160 e. The van der Waals surface area contributed by atoms with Crippen LogP contribution in [0, 0.1) is 5.38 Å². The van der Waals surface area contributed by atoms with Gasteiger partial charge < -0.3 is 0 Å². The van der Waals surface area contributed by atoms with Gasteiger partial charge in [0.15, 0.2) is 11.2 Å². The third kappa shape index (κ3) is 3.12. The first-order valence-corrected chi connectivity index (χ1v) is 5.36. The molecule has 2 nitrogen and oxygen atoms in total. The number of carbonyl (C=O) groups excluding carboxylic acids is 1. The number of Topliss-reactive ketones (excluding diaryl/α,β-unsaturated/α-hetero) is 1. The molecule has 0 amide bonds. The van der Waals surface area contributed by atoms with Gasteiger partial charge >= 0.3 is 0 Å². The van der Waals surface area contributed by atoms with E-state index in [-0.39, 0.29) is 11.2 Å². The number of hydrogen-bond donors (Lipinski definition) is 0. The summed E-state index contributed by atoms with van der Waals surface area (Å²) in [7, 11) is 0. The van der Waals surface area contributed by atoms with Crippen LogP contribution in [0.5, 0.6) is 0 Å². The molecule has 1 fully saturated rings. The fourth-order valence-electron chi connectivity index (χ4n) is 1.47. The predicted molar refractivity (Wildman–Crippen MR) is 54.8 cm³/mol. The molecule has 1 atom stereocenters. The maximum atomic E-state index is 10.9. The third-order valence-electron chi connectivity index (χ3n) is 2.26. The summed E-state index contributed by atoms with van der Waals surface area (Å²) in [5, 5.41) is 0.239. The zero-order chi connectivity index (χ0) is 9.84. The van der Waals surface area contributed by atoms with Gasteiger partial charge in [0, 0.05) is 0 Å². The maximum absolute atomic E-state index is 10.9. The smallest absolute Gasteiger partial charge is 0.160 e. The average Bonchev–Trinajstić information content (AvgIpc) is 2.17. The Kier molecular flexibility index (Phi) is 4.50. The van der Waals surface area contributed by atoms with E-state index in [1.165, 1.54) is 13.3 Å². The highest BCUT2D eigenvalue weighted by Crippen LogP contribution is 2.25. The fraction of sp³-hybridized carbons (Fsp3) is 0.778. The number of hydrogen-bond acceptors (Lipinski definition) is 2. The number of nitrogens with zero attached hydrogens (tertiary/aromatic N) is 1. The number of likely N-dealkylation sites (tertiary alicyclic amines) is 1. The van der Waals surface area contributed by atoms with Gasteiger partial charge in [-0.05, 0) is 32.9 Å². The first-order chi connectivity index (χ1) is 6.13. The van der Waals surface area contributed by atoms with Crippen molar-refractivity contribution in [3.63, 3.8) is 0 Å². The molecule has 0 aromatic rings. The van der Waals surface area contributed by atoms with E-state index in [0.29, 0.717) is 0 Å². The van der Waals surface area contributed by atoms with Gasteiger partial charge in [-0.25, -0.2) is 0 Å². The molecule has 4 heteroatoms. The van der Waals surface area contributed by atoms with Crippen LogP contribution in [-0.2, 0) is 4.79 Å². The lowest BCUT2D eigenvalue weighted by Gasteiger charge is -2.31. The van der Waals surface area contributed by atoms with Crippen LogP contribution in [0.15, 0.2) is 0 Å². The average molecular weight is 223 g/mol. The Hall–Kier alpha value is 0.210. The van der Waals surface area contributed by atoms with Crippen LogP contribution >= 0.6 is 23.2 Å². The van der Waals surface area contributed by atoms with Crippen LogP contribution in [0.2, 0.25) is 0 Å².